The number of rotatable bonds is 3. The van der Waals surface area contributed by atoms with E-state index in [9.17, 15) is 4.79 Å². The van der Waals surface area contributed by atoms with Gasteiger partial charge in [-0.15, -0.1) is 0 Å². The Morgan fingerprint density at radius 1 is 1.07 bits per heavy atom. The van der Waals surface area contributed by atoms with Gasteiger partial charge in [-0.1, -0.05) is 27.7 Å². The van der Waals surface area contributed by atoms with E-state index >= 15 is 0 Å². The van der Waals surface area contributed by atoms with Crippen molar-refractivity contribution in [1.29, 1.82) is 0 Å². The van der Waals surface area contributed by atoms with E-state index in [0.717, 1.165) is 26.2 Å². The third-order valence-electron chi connectivity index (χ3n) is 2.57. The van der Waals surface area contributed by atoms with Crippen molar-refractivity contribution in [2.75, 3.05) is 32.7 Å². The smallest absolute Gasteiger partial charge is 0.222 e. The number of amides is 1. The van der Waals surface area contributed by atoms with Crippen LogP contribution in [-0.2, 0) is 4.79 Å². The summed E-state index contributed by atoms with van der Waals surface area (Å²) in [7, 11) is 0. The summed E-state index contributed by atoms with van der Waals surface area (Å²) < 4.78 is 0. The lowest BCUT2D eigenvalue weighted by molar-refractivity contribution is -0.132. The van der Waals surface area contributed by atoms with Crippen LogP contribution in [0.5, 0.6) is 0 Å². The highest BCUT2D eigenvalue weighted by molar-refractivity contribution is 5.75. The quantitative estimate of drug-likeness (QED) is 0.717. The maximum Gasteiger partial charge on any atom is 0.222 e. The summed E-state index contributed by atoms with van der Waals surface area (Å²) in [4.78, 5) is 15.7. The van der Waals surface area contributed by atoms with Crippen molar-refractivity contribution in [2.45, 2.75) is 40.5 Å². The summed E-state index contributed by atoms with van der Waals surface area (Å²) in [5.74, 6) is 0.302. The molecule has 1 aliphatic heterocycles. The summed E-state index contributed by atoms with van der Waals surface area (Å²) in [5, 5.41) is 0. The highest BCUT2D eigenvalue weighted by Gasteiger charge is 2.18. The second-order valence-corrected chi connectivity index (χ2v) is 3.58. The molecule has 0 aromatic heterocycles. The molecule has 1 fully saturated rings. The monoisotopic (exact) mass is 214 g/mol. The zero-order chi connectivity index (χ0) is 11.7. The van der Waals surface area contributed by atoms with Crippen LogP contribution in [0.25, 0.3) is 0 Å². The largest absolute Gasteiger partial charge is 0.340 e. The van der Waals surface area contributed by atoms with Gasteiger partial charge in [0.25, 0.3) is 0 Å². The first kappa shape index (κ1) is 14.4. The fraction of sp³-hybridized carbons (Fsp3) is 0.917. The predicted molar refractivity (Wildman–Crippen MR) is 65.0 cm³/mol. The minimum atomic E-state index is 0.302. The molecule has 0 aliphatic carbocycles. The molecule has 0 unspecified atom stereocenters. The fourth-order valence-electron chi connectivity index (χ4n) is 1.76. The van der Waals surface area contributed by atoms with Gasteiger partial charge in [0.1, 0.15) is 0 Å². The lowest BCUT2D eigenvalue weighted by atomic mass is 10.2. The van der Waals surface area contributed by atoms with Gasteiger partial charge in [0.15, 0.2) is 0 Å². The Morgan fingerprint density at radius 2 is 1.60 bits per heavy atom. The van der Waals surface area contributed by atoms with Gasteiger partial charge in [0.2, 0.25) is 5.91 Å². The van der Waals surface area contributed by atoms with Gasteiger partial charge in [-0.05, 0) is 13.0 Å². The molecule has 90 valence electrons. The third kappa shape index (κ3) is 5.17. The Hall–Kier alpha value is -0.570. The Kier molecular flexibility index (Phi) is 8.38. The first-order valence-corrected chi connectivity index (χ1v) is 6.28. The van der Waals surface area contributed by atoms with E-state index in [1.165, 1.54) is 13.0 Å². The molecule has 0 atom stereocenters. The number of piperazine rings is 1. The summed E-state index contributed by atoms with van der Waals surface area (Å²) in [6, 6.07) is 0. The molecule has 0 bridgehead atoms. The minimum absolute atomic E-state index is 0.302. The van der Waals surface area contributed by atoms with Crippen molar-refractivity contribution in [2.24, 2.45) is 0 Å². The lowest BCUT2D eigenvalue weighted by Crippen LogP contribution is -2.48. The maximum atomic E-state index is 11.3. The average Bonchev–Trinajstić information content (AvgIpc) is 2.32. The number of hydrogen-bond acceptors (Lipinski definition) is 2. The molecule has 0 aromatic carbocycles. The van der Waals surface area contributed by atoms with Gasteiger partial charge >= 0.3 is 0 Å². The molecule has 0 radical (unpaired) electrons. The third-order valence-corrected chi connectivity index (χ3v) is 2.57. The maximum absolute atomic E-state index is 11.3. The van der Waals surface area contributed by atoms with Crippen molar-refractivity contribution >= 4 is 5.91 Å². The SMILES string of the molecule is CC.CCCN1CCN(C(=O)CC)CC1. The van der Waals surface area contributed by atoms with E-state index in [2.05, 4.69) is 11.8 Å². The highest BCUT2D eigenvalue weighted by atomic mass is 16.2. The van der Waals surface area contributed by atoms with E-state index in [4.69, 9.17) is 0 Å². The Bertz CT molecular complexity index is 163. The summed E-state index contributed by atoms with van der Waals surface area (Å²) >= 11 is 0. The topological polar surface area (TPSA) is 23.6 Å². The van der Waals surface area contributed by atoms with E-state index in [0.29, 0.717) is 12.3 Å². The number of carbonyl (C=O) groups excluding carboxylic acids is 1. The van der Waals surface area contributed by atoms with Crippen molar-refractivity contribution in [1.82, 2.24) is 9.80 Å². The molecule has 3 heteroatoms. The van der Waals surface area contributed by atoms with E-state index in [1.54, 1.807) is 0 Å². The van der Waals surface area contributed by atoms with Crippen LogP contribution in [0, 0.1) is 0 Å². The number of hydrogen-bond donors (Lipinski definition) is 0. The first-order valence-electron chi connectivity index (χ1n) is 6.28. The first-order chi connectivity index (χ1) is 7.27. The highest BCUT2D eigenvalue weighted by Crippen LogP contribution is 2.03. The molecular formula is C12H26N2O. The number of carbonyl (C=O) groups is 1. The molecule has 1 saturated heterocycles. The van der Waals surface area contributed by atoms with Crippen molar-refractivity contribution in [3.8, 4) is 0 Å². The summed E-state index contributed by atoms with van der Waals surface area (Å²) in [6.45, 7) is 13.3. The van der Waals surface area contributed by atoms with E-state index in [1.807, 2.05) is 25.7 Å². The normalized spacial score (nSPS) is 16.9. The summed E-state index contributed by atoms with van der Waals surface area (Å²) in [6.07, 6.45) is 1.86. The van der Waals surface area contributed by atoms with Gasteiger partial charge in [-0.2, -0.15) is 0 Å². The molecule has 3 nitrogen and oxygen atoms in total. The molecule has 0 saturated carbocycles. The zero-order valence-corrected chi connectivity index (χ0v) is 10.8. The fourth-order valence-corrected chi connectivity index (χ4v) is 1.76. The Balaban J connectivity index is 0.000000921. The predicted octanol–water partition coefficient (Wildman–Crippen LogP) is 1.98. The molecule has 1 amide bonds. The van der Waals surface area contributed by atoms with Crippen LogP contribution in [0.2, 0.25) is 0 Å². The minimum Gasteiger partial charge on any atom is -0.340 e. The van der Waals surface area contributed by atoms with Gasteiger partial charge in [-0.3, -0.25) is 9.69 Å². The second kappa shape index (κ2) is 8.72. The van der Waals surface area contributed by atoms with Gasteiger partial charge < -0.3 is 4.90 Å². The van der Waals surface area contributed by atoms with Gasteiger partial charge in [-0.25, -0.2) is 0 Å². The van der Waals surface area contributed by atoms with E-state index < -0.39 is 0 Å². The van der Waals surface area contributed by atoms with Crippen molar-refractivity contribution in [3.63, 3.8) is 0 Å². The lowest BCUT2D eigenvalue weighted by Gasteiger charge is -2.34. The molecule has 15 heavy (non-hydrogen) atoms. The molecule has 0 spiro atoms. The van der Waals surface area contributed by atoms with Crippen LogP contribution in [0.3, 0.4) is 0 Å². The van der Waals surface area contributed by atoms with Crippen LogP contribution in [-0.4, -0.2) is 48.4 Å². The zero-order valence-electron chi connectivity index (χ0n) is 10.8. The van der Waals surface area contributed by atoms with Crippen LogP contribution < -0.4 is 0 Å². The molecule has 0 N–H and O–H groups in total. The molecule has 1 heterocycles. The van der Waals surface area contributed by atoms with Crippen molar-refractivity contribution in [3.05, 3.63) is 0 Å². The Labute approximate surface area is 94.4 Å². The van der Waals surface area contributed by atoms with Crippen LogP contribution in [0.15, 0.2) is 0 Å². The van der Waals surface area contributed by atoms with Crippen molar-refractivity contribution < 1.29 is 4.79 Å². The van der Waals surface area contributed by atoms with Gasteiger partial charge in [0, 0.05) is 32.6 Å². The van der Waals surface area contributed by atoms with E-state index in [-0.39, 0.29) is 0 Å². The van der Waals surface area contributed by atoms with Crippen LogP contribution >= 0.6 is 0 Å². The molecular weight excluding hydrogens is 188 g/mol. The second-order valence-electron chi connectivity index (χ2n) is 3.58. The number of nitrogens with zero attached hydrogens (tertiary/aromatic N) is 2. The van der Waals surface area contributed by atoms with Gasteiger partial charge in [0.05, 0.1) is 0 Å². The summed E-state index contributed by atoms with van der Waals surface area (Å²) in [5.41, 5.74) is 0. The van der Waals surface area contributed by atoms with Crippen LogP contribution in [0.1, 0.15) is 40.5 Å². The molecule has 0 aromatic rings. The molecule has 1 aliphatic rings. The average molecular weight is 214 g/mol. The standard InChI is InChI=1S/C10H20N2O.C2H6/c1-3-5-11-6-8-12(9-7-11)10(13)4-2;1-2/h3-9H2,1-2H3;1-2H3. The van der Waals surface area contributed by atoms with Crippen LogP contribution in [0.4, 0.5) is 0 Å². The molecule has 1 rings (SSSR count). The Morgan fingerprint density at radius 3 is 2.00 bits per heavy atom.